The zero-order chi connectivity index (χ0) is 18.4. The molecule has 8 heteroatoms. The lowest BCUT2D eigenvalue weighted by Crippen LogP contribution is -2.32. The molecule has 27 heavy (non-hydrogen) atoms. The molecule has 0 saturated carbocycles. The monoisotopic (exact) mass is 366 g/mol. The standard InChI is InChI=1S/C19H22N6O2/c1-12-22-17(14-6-8-27-10-14)18-19(20-11-21-25(12)18)24-7-5-15-13(9-24)3-4-16(23-15)26-2/h3-4,11,14H,5-10H2,1-2H3. The number of aryl methyl sites for hydroxylation is 1. The van der Waals surface area contributed by atoms with E-state index in [-0.39, 0.29) is 0 Å². The van der Waals surface area contributed by atoms with Crippen molar-refractivity contribution < 1.29 is 9.47 Å². The number of nitrogens with zero attached hydrogens (tertiary/aromatic N) is 6. The number of fused-ring (bicyclic) bond motifs is 2. The van der Waals surface area contributed by atoms with Gasteiger partial charge in [-0.2, -0.15) is 5.10 Å². The van der Waals surface area contributed by atoms with Crippen molar-refractivity contribution in [2.45, 2.75) is 32.2 Å². The summed E-state index contributed by atoms with van der Waals surface area (Å²) < 4.78 is 12.8. The topological polar surface area (TPSA) is 77.7 Å². The molecule has 5 rings (SSSR count). The van der Waals surface area contributed by atoms with E-state index in [1.165, 1.54) is 5.56 Å². The molecule has 2 aliphatic rings. The zero-order valence-electron chi connectivity index (χ0n) is 15.6. The van der Waals surface area contributed by atoms with Gasteiger partial charge in [0.25, 0.3) is 0 Å². The lowest BCUT2D eigenvalue weighted by molar-refractivity contribution is 0.193. The average Bonchev–Trinajstić information content (AvgIpc) is 3.35. The molecule has 1 fully saturated rings. The van der Waals surface area contributed by atoms with Gasteiger partial charge in [-0.1, -0.05) is 6.07 Å². The van der Waals surface area contributed by atoms with Crippen molar-refractivity contribution in [3.05, 3.63) is 41.2 Å². The molecule has 0 spiro atoms. The first-order chi connectivity index (χ1) is 13.2. The van der Waals surface area contributed by atoms with Gasteiger partial charge in [-0.25, -0.2) is 19.5 Å². The highest BCUT2D eigenvalue weighted by Crippen LogP contribution is 2.34. The van der Waals surface area contributed by atoms with Crippen molar-refractivity contribution >= 4 is 11.3 Å². The van der Waals surface area contributed by atoms with Gasteiger partial charge in [-0.3, -0.25) is 0 Å². The van der Waals surface area contributed by atoms with Crippen LogP contribution in [0.15, 0.2) is 18.5 Å². The van der Waals surface area contributed by atoms with Gasteiger partial charge in [0.2, 0.25) is 5.88 Å². The fraction of sp³-hybridized carbons (Fsp3) is 0.474. The second kappa shape index (κ2) is 6.45. The quantitative estimate of drug-likeness (QED) is 0.700. The van der Waals surface area contributed by atoms with Crippen molar-refractivity contribution in [1.29, 1.82) is 0 Å². The van der Waals surface area contributed by atoms with E-state index in [2.05, 4.69) is 26.0 Å². The van der Waals surface area contributed by atoms with Crippen molar-refractivity contribution in [2.24, 2.45) is 0 Å². The third-order valence-corrected chi connectivity index (χ3v) is 5.45. The number of imidazole rings is 1. The van der Waals surface area contributed by atoms with E-state index in [1.807, 2.05) is 17.5 Å². The predicted octanol–water partition coefficient (Wildman–Crippen LogP) is 1.90. The largest absolute Gasteiger partial charge is 0.481 e. The van der Waals surface area contributed by atoms with Crippen LogP contribution in [0, 0.1) is 6.92 Å². The van der Waals surface area contributed by atoms with Crippen molar-refractivity contribution in [3.63, 3.8) is 0 Å². The van der Waals surface area contributed by atoms with E-state index in [9.17, 15) is 0 Å². The number of anilines is 1. The number of rotatable bonds is 3. The summed E-state index contributed by atoms with van der Waals surface area (Å²) in [6, 6.07) is 4.02. The molecule has 0 radical (unpaired) electrons. The summed E-state index contributed by atoms with van der Waals surface area (Å²) in [5.41, 5.74) is 4.38. The smallest absolute Gasteiger partial charge is 0.213 e. The van der Waals surface area contributed by atoms with Crippen LogP contribution in [0.2, 0.25) is 0 Å². The summed E-state index contributed by atoms with van der Waals surface area (Å²) in [7, 11) is 1.65. The number of methoxy groups -OCH3 is 1. The first-order valence-electron chi connectivity index (χ1n) is 9.30. The Balaban J connectivity index is 1.57. The Morgan fingerprint density at radius 1 is 1.26 bits per heavy atom. The Morgan fingerprint density at radius 3 is 3.00 bits per heavy atom. The molecular weight excluding hydrogens is 344 g/mol. The molecule has 2 aliphatic heterocycles. The van der Waals surface area contributed by atoms with Gasteiger partial charge in [-0.15, -0.1) is 0 Å². The fourth-order valence-corrected chi connectivity index (χ4v) is 4.05. The summed E-state index contributed by atoms with van der Waals surface area (Å²) in [5.74, 6) is 2.80. The van der Waals surface area contributed by atoms with Crippen LogP contribution in [0.3, 0.4) is 0 Å². The Hall–Kier alpha value is -2.74. The van der Waals surface area contributed by atoms with Gasteiger partial charge in [0.15, 0.2) is 5.82 Å². The van der Waals surface area contributed by atoms with Crippen LogP contribution in [0.25, 0.3) is 5.52 Å². The molecule has 0 aromatic carbocycles. The van der Waals surface area contributed by atoms with Gasteiger partial charge >= 0.3 is 0 Å². The van der Waals surface area contributed by atoms with Crippen LogP contribution < -0.4 is 9.64 Å². The number of ether oxygens (including phenoxy) is 2. The molecule has 3 aromatic heterocycles. The molecule has 0 aliphatic carbocycles. The first-order valence-corrected chi connectivity index (χ1v) is 9.30. The SMILES string of the molecule is COc1ccc2c(n1)CCN(c1ncnn3c(C)nc(C4CCOC4)c13)C2. The van der Waals surface area contributed by atoms with Gasteiger partial charge in [0.1, 0.15) is 17.7 Å². The summed E-state index contributed by atoms with van der Waals surface area (Å²) in [5, 5.41) is 4.44. The summed E-state index contributed by atoms with van der Waals surface area (Å²) in [6.45, 7) is 5.11. The number of hydrogen-bond donors (Lipinski definition) is 0. The highest BCUT2D eigenvalue weighted by molar-refractivity contribution is 5.73. The molecule has 1 unspecified atom stereocenters. The van der Waals surface area contributed by atoms with Crippen LogP contribution >= 0.6 is 0 Å². The second-order valence-electron chi connectivity index (χ2n) is 7.08. The minimum Gasteiger partial charge on any atom is -0.481 e. The maximum atomic E-state index is 5.60. The zero-order valence-corrected chi connectivity index (χ0v) is 15.6. The third-order valence-electron chi connectivity index (χ3n) is 5.45. The number of hydrogen-bond acceptors (Lipinski definition) is 7. The van der Waals surface area contributed by atoms with Crippen LogP contribution in [0.4, 0.5) is 5.82 Å². The van der Waals surface area contributed by atoms with E-state index in [0.717, 1.165) is 61.1 Å². The predicted molar refractivity (Wildman–Crippen MR) is 99.2 cm³/mol. The molecule has 5 heterocycles. The molecule has 3 aromatic rings. The average molecular weight is 366 g/mol. The van der Waals surface area contributed by atoms with Crippen LogP contribution in [0.5, 0.6) is 5.88 Å². The lowest BCUT2D eigenvalue weighted by Gasteiger charge is -2.29. The van der Waals surface area contributed by atoms with E-state index in [0.29, 0.717) is 18.4 Å². The molecule has 140 valence electrons. The van der Waals surface area contributed by atoms with Crippen molar-refractivity contribution in [3.8, 4) is 5.88 Å². The molecule has 0 N–H and O–H groups in total. The minimum absolute atomic E-state index is 0.307. The van der Waals surface area contributed by atoms with E-state index in [4.69, 9.17) is 14.5 Å². The Morgan fingerprint density at radius 2 is 2.19 bits per heavy atom. The Bertz CT molecular complexity index is 995. The summed E-state index contributed by atoms with van der Waals surface area (Å²) >= 11 is 0. The lowest BCUT2D eigenvalue weighted by atomic mass is 10.0. The first kappa shape index (κ1) is 16.4. The Kier molecular flexibility index (Phi) is 3.93. The minimum atomic E-state index is 0.307. The molecule has 0 amide bonds. The second-order valence-corrected chi connectivity index (χ2v) is 7.08. The Labute approximate surface area is 157 Å². The van der Waals surface area contributed by atoms with E-state index in [1.54, 1.807) is 13.4 Å². The maximum absolute atomic E-state index is 5.60. The summed E-state index contributed by atoms with van der Waals surface area (Å²) in [6.07, 6.45) is 3.47. The molecule has 8 nitrogen and oxygen atoms in total. The van der Waals surface area contributed by atoms with Crippen molar-refractivity contribution in [2.75, 3.05) is 31.8 Å². The van der Waals surface area contributed by atoms with Gasteiger partial charge in [-0.05, 0) is 18.9 Å². The van der Waals surface area contributed by atoms with Crippen LogP contribution in [-0.4, -0.2) is 51.4 Å². The van der Waals surface area contributed by atoms with Crippen LogP contribution in [-0.2, 0) is 17.7 Å². The fourth-order valence-electron chi connectivity index (χ4n) is 4.05. The van der Waals surface area contributed by atoms with Gasteiger partial charge in [0.05, 0.1) is 25.1 Å². The highest BCUT2D eigenvalue weighted by atomic mass is 16.5. The highest BCUT2D eigenvalue weighted by Gasteiger charge is 2.28. The number of pyridine rings is 1. The molecular formula is C19H22N6O2. The molecule has 1 atom stereocenters. The van der Waals surface area contributed by atoms with Gasteiger partial charge < -0.3 is 14.4 Å². The maximum Gasteiger partial charge on any atom is 0.213 e. The third kappa shape index (κ3) is 2.71. The van der Waals surface area contributed by atoms with E-state index < -0.39 is 0 Å². The normalized spacial score (nSPS) is 19.5. The van der Waals surface area contributed by atoms with Gasteiger partial charge in [0, 0.05) is 38.1 Å². The van der Waals surface area contributed by atoms with Crippen LogP contribution in [0.1, 0.15) is 35.1 Å². The molecule has 0 bridgehead atoms. The molecule has 1 saturated heterocycles. The number of aromatic nitrogens is 5. The van der Waals surface area contributed by atoms with Crippen molar-refractivity contribution in [1.82, 2.24) is 24.6 Å². The van der Waals surface area contributed by atoms with E-state index >= 15 is 0 Å². The summed E-state index contributed by atoms with van der Waals surface area (Å²) in [4.78, 5) is 16.4.